The number of fused-ring (bicyclic) bond motifs is 1. The molecule has 2 aromatic rings. The lowest BCUT2D eigenvalue weighted by Gasteiger charge is -2.19. The van der Waals surface area contributed by atoms with Gasteiger partial charge in [0.2, 0.25) is 0 Å². The SMILES string of the molecule is Cc1ccc(-c2ccc3c(n2)NCCO3)cc1C(F)(F)F. The summed E-state index contributed by atoms with van der Waals surface area (Å²) in [5, 5.41) is 3.07. The van der Waals surface area contributed by atoms with Gasteiger partial charge in [-0.1, -0.05) is 12.1 Å². The Balaban J connectivity index is 2.05. The molecule has 0 amide bonds. The van der Waals surface area contributed by atoms with Crippen molar-refractivity contribution in [2.75, 3.05) is 18.5 Å². The zero-order chi connectivity index (χ0) is 15.0. The van der Waals surface area contributed by atoms with E-state index in [1.807, 2.05) is 0 Å². The van der Waals surface area contributed by atoms with Gasteiger partial charge in [-0.05, 0) is 30.7 Å². The fourth-order valence-electron chi connectivity index (χ4n) is 2.27. The number of alkyl halides is 3. The van der Waals surface area contributed by atoms with Crippen LogP contribution >= 0.6 is 0 Å². The molecule has 1 aromatic carbocycles. The summed E-state index contributed by atoms with van der Waals surface area (Å²) in [6.07, 6.45) is -4.37. The third kappa shape index (κ3) is 2.66. The number of aromatic nitrogens is 1. The number of pyridine rings is 1. The molecule has 0 spiro atoms. The van der Waals surface area contributed by atoms with Gasteiger partial charge >= 0.3 is 6.18 Å². The molecule has 6 heteroatoms. The first kappa shape index (κ1) is 13.7. The Labute approximate surface area is 119 Å². The van der Waals surface area contributed by atoms with E-state index in [4.69, 9.17) is 4.74 Å². The first-order valence-electron chi connectivity index (χ1n) is 6.51. The van der Waals surface area contributed by atoms with Gasteiger partial charge in [0.05, 0.1) is 17.8 Å². The molecule has 0 aliphatic carbocycles. The molecule has 0 unspecified atom stereocenters. The highest BCUT2D eigenvalue weighted by Crippen LogP contribution is 2.35. The fraction of sp³-hybridized carbons (Fsp3) is 0.267. The summed E-state index contributed by atoms with van der Waals surface area (Å²) < 4.78 is 44.3. The van der Waals surface area contributed by atoms with Crippen molar-refractivity contribution >= 4 is 5.82 Å². The highest BCUT2D eigenvalue weighted by Gasteiger charge is 2.32. The molecular formula is C15H13F3N2O. The normalized spacial score (nSPS) is 14.1. The van der Waals surface area contributed by atoms with Gasteiger partial charge < -0.3 is 10.1 Å². The molecule has 1 aliphatic rings. The van der Waals surface area contributed by atoms with E-state index in [1.165, 1.54) is 13.0 Å². The molecule has 3 rings (SSSR count). The van der Waals surface area contributed by atoms with E-state index in [2.05, 4.69) is 10.3 Å². The van der Waals surface area contributed by atoms with E-state index in [9.17, 15) is 13.2 Å². The molecule has 1 N–H and O–H groups in total. The monoisotopic (exact) mass is 294 g/mol. The number of anilines is 1. The lowest BCUT2D eigenvalue weighted by Crippen LogP contribution is -2.19. The van der Waals surface area contributed by atoms with Crippen LogP contribution in [-0.4, -0.2) is 18.1 Å². The lowest BCUT2D eigenvalue weighted by molar-refractivity contribution is -0.138. The van der Waals surface area contributed by atoms with E-state index < -0.39 is 11.7 Å². The average molecular weight is 294 g/mol. The maximum absolute atomic E-state index is 13.0. The van der Waals surface area contributed by atoms with Crippen LogP contribution in [0.2, 0.25) is 0 Å². The zero-order valence-corrected chi connectivity index (χ0v) is 11.3. The van der Waals surface area contributed by atoms with Crippen molar-refractivity contribution in [2.45, 2.75) is 13.1 Å². The molecule has 0 fully saturated rings. The Kier molecular flexibility index (Phi) is 3.23. The number of benzene rings is 1. The van der Waals surface area contributed by atoms with Crippen LogP contribution in [0.3, 0.4) is 0 Å². The van der Waals surface area contributed by atoms with Crippen LogP contribution in [0, 0.1) is 6.92 Å². The van der Waals surface area contributed by atoms with Gasteiger partial charge in [-0.3, -0.25) is 0 Å². The van der Waals surface area contributed by atoms with Crippen molar-refractivity contribution in [2.24, 2.45) is 0 Å². The largest absolute Gasteiger partial charge is 0.488 e. The number of rotatable bonds is 1. The summed E-state index contributed by atoms with van der Waals surface area (Å²) in [5.74, 6) is 1.18. The van der Waals surface area contributed by atoms with Crippen molar-refractivity contribution in [1.82, 2.24) is 4.98 Å². The number of ether oxygens (including phenoxy) is 1. The quantitative estimate of drug-likeness (QED) is 0.866. The van der Waals surface area contributed by atoms with Gasteiger partial charge in [-0.2, -0.15) is 13.2 Å². The minimum atomic E-state index is -4.37. The van der Waals surface area contributed by atoms with Crippen molar-refractivity contribution < 1.29 is 17.9 Å². The second-order valence-corrected chi connectivity index (χ2v) is 4.85. The predicted octanol–water partition coefficient (Wildman–Crippen LogP) is 3.88. The van der Waals surface area contributed by atoms with Crippen LogP contribution in [0.15, 0.2) is 30.3 Å². The second kappa shape index (κ2) is 4.95. The fourth-order valence-corrected chi connectivity index (χ4v) is 2.27. The number of hydrogen-bond donors (Lipinski definition) is 1. The van der Waals surface area contributed by atoms with Crippen molar-refractivity contribution in [3.05, 3.63) is 41.5 Å². The Morgan fingerprint density at radius 3 is 2.76 bits per heavy atom. The number of hydrogen-bond acceptors (Lipinski definition) is 3. The van der Waals surface area contributed by atoms with Crippen molar-refractivity contribution in [3.63, 3.8) is 0 Å². The summed E-state index contributed by atoms with van der Waals surface area (Å²) in [4.78, 5) is 4.33. The molecule has 21 heavy (non-hydrogen) atoms. The summed E-state index contributed by atoms with van der Waals surface area (Å²) in [7, 11) is 0. The molecule has 0 saturated heterocycles. The third-order valence-corrected chi connectivity index (χ3v) is 3.35. The second-order valence-electron chi connectivity index (χ2n) is 4.85. The molecule has 0 radical (unpaired) electrons. The van der Waals surface area contributed by atoms with Gasteiger partial charge in [0, 0.05) is 5.56 Å². The first-order chi connectivity index (χ1) is 9.95. The van der Waals surface area contributed by atoms with Gasteiger partial charge in [-0.15, -0.1) is 0 Å². The number of aryl methyl sites for hydroxylation is 1. The minimum absolute atomic E-state index is 0.200. The topological polar surface area (TPSA) is 34.2 Å². The molecular weight excluding hydrogens is 281 g/mol. The van der Waals surface area contributed by atoms with E-state index >= 15 is 0 Å². The van der Waals surface area contributed by atoms with Crippen LogP contribution in [0.4, 0.5) is 19.0 Å². The number of nitrogens with one attached hydrogen (secondary N) is 1. The van der Waals surface area contributed by atoms with Gasteiger partial charge in [0.15, 0.2) is 11.6 Å². The van der Waals surface area contributed by atoms with Gasteiger partial charge in [-0.25, -0.2) is 4.98 Å². The predicted molar refractivity (Wildman–Crippen MR) is 73.4 cm³/mol. The molecule has 0 atom stereocenters. The van der Waals surface area contributed by atoms with Crippen LogP contribution < -0.4 is 10.1 Å². The van der Waals surface area contributed by atoms with Crippen molar-refractivity contribution in [1.29, 1.82) is 0 Å². The zero-order valence-electron chi connectivity index (χ0n) is 11.3. The van der Waals surface area contributed by atoms with Crippen molar-refractivity contribution in [3.8, 4) is 17.0 Å². The standard InChI is InChI=1S/C15H13F3N2O/c1-9-2-3-10(8-11(9)15(16,17)18)12-4-5-13-14(20-12)19-6-7-21-13/h2-5,8H,6-7H2,1H3,(H,19,20). The summed E-state index contributed by atoms with van der Waals surface area (Å²) in [5.41, 5.74) is 0.481. The molecule has 2 heterocycles. The van der Waals surface area contributed by atoms with E-state index in [1.54, 1.807) is 18.2 Å². The molecule has 1 aromatic heterocycles. The lowest BCUT2D eigenvalue weighted by atomic mass is 10.0. The molecule has 3 nitrogen and oxygen atoms in total. The third-order valence-electron chi connectivity index (χ3n) is 3.35. The van der Waals surface area contributed by atoms with Crippen LogP contribution in [0.5, 0.6) is 5.75 Å². The maximum atomic E-state index is 13.0. The molecule has 1 aliphatic heterocycles. The van der Waals surface area contributed by atoms with Gasteiger partial charge in [0.25, 0.3) is 0 Å². The van der Waals surface area contributed by atoms with E-state index in [0.717, 1.165) is 6.07 Å². The molecule has 0 bridgehead atoms. The Morgan fingerprint density at radius 2 is 2.00 bits per heavy atom. The average Bonchev–Trinajstić information content (AvgIpc) is 2.46. The Hall–Kier alpha value is -2.24. The summed E-state index contributed by atoms with van der Waals surface area (Å²) in [6, 6.07) is 7.62. The van der Waals surface area contributed by atoms with E-state index in [-0.39, 0.29) is 5.56 Å². The van der Waals surface area contributed by atoms with Crippen LogP contribution in [-0.2, 0) is 6.18 Å². The van der Waals surface area contributed by atoms with Gasteiger partial charge in [0.1, 0.15) is 6.61 Å². The number of halogens is 3. The minimum Gasteiger partial charge on any atom is -0.488 e. The van der Waals surface area contributed by atoms with Crippen LogP contribution in [0.25, 0.3) is 11.3 Å². The van der Waals surface area contributed by atoms with E-state index in [0.29, 0.717) is 36.0 Å². The summed E-state index contributed by atoms with van der Waals surface area (Å²) in [6.45, 7) is 2.63. The van der Waals surface area contributed by atoms with Crippen LogP contribution in [0.1, 0.15) is 11.1 Å². The molecule has 110 valence electrons. The Morgan fingerprint density at radius 1 is 1.19 bits per heavy atom. The number of nitrogens with zero attached hydrogens (tertiary/aromatic N) is 1. The first-order valence-corrected chi connectivity index (χ1v) is 6.51. The smallest absolute Gasteiger partial charge is 0.416 e. The maximum Gasteiger partial charge on any atom is 0.416 e. The Bertz CT molecular complexity index is 683. The highest BCUT2D eigenvalue weighted by molar-refractivity contribution is 5.66. The highest BCUT2D eigenvalue weighted by atomic mass is 19.4. The molecule has 0 saturated carbocycles. The summed E-state index contributed by atoms with van der Waals surface area (Å²) >= 11 is 0.